The van der Waals surface area contributed by atoms with E-state index in [1.807, 2.05) is 0 Å². The van der Waals surface area contributed by atoms with Crippen molar-refractivity contribution in [2.45, 2.75) is 25.5 Å². The third-order valence-electron chi connectivity index (χ3n) is 2.71. The fraction of sp³-hybridized carbons (Fsp3) is 0.308. The van der Waals surface area contributed by atoms with Crippen molar-refractivity contribution in [2.24, 2.45) is 0 Å². The number of amides is 1. The Morgan fingerprint density at radius 3 is 2.70 bits per heavy atom. The van der Waals surface area contributed by atoms with Crippen LogP contribution in [0.25, 0.3) is 0 Å². The number of cyclic esters (lactones) is 2. The van der Waals surface area contributed by atoms with Crippen molar-refractivity contribution in [3.63, 3.8) is 0 Å². The molecule has 1 amide bonds. The third-order valence-corrected chi connectivity index (χ3v) is 2.96. The summed E-state index contributed by atoms with van der Waals surface area (Å²) in [5.41, 5.74) is 0.769. The summed E-state index contributed by atoms with van der Waals surface area (Å²) in [7, 11) is 0. The Morgan fingerprint density at radius 2 is 2.05 bits per heavy atom. The highest BCUT2D eigenvalue weighted by Gasteiger charge is 2.30. The van der Waals surface area contributed by atoms with Gasteiger partial charge in [0.25, 0.3) is 0 Å². The maximum atomic E-state index is 11.5. The van der Waals surface area contributed by atoms with Gasteiger partial charge in [-0.1, -0.05) is 23.7 Å². The molecule has 0 saturated carbocycles. The van der Waals surface area contributed by atoms with E-state index in [2.05, 4.69) is 10.1 Å². The van der Waals surface area contributed by atoms with E-state index >= 15 is 0 Å². The van der Waals surface area contributed by atoms with Gasteiger partial charge in [0.2, 0.25) is 0 Å². The number of hydrogen-bond donors (Lipinski definition) is 1. The largest absolute Gasteiger partial charge is 0.445 e. The molecule has 0 aliphatic carbocycles. The van der Waals surface area contributed by atoms with E-state index in [9.17, 15) is 14.4 Å². The van der Waals surface area contributed by atoms with Gasteiger partial charge in [-0.25, -0.2) is 9.59 Å². The van der Waals surface area contributed by atoms with Crippen molar-refractivity contribution < 1.29 is 23.9 Å². The Hall–Kier alpha value is -2.08. The first-order valence-corrected chi connectivity index (χ1v) is 6.34. The van der Waals surface area contributed by atoms with Gasteiger partial charge in [0, 0.05) is 11.4 Å². The molecule has 106 valence electrons. The van der Waals surface area contributed by atoms with Gasteiger partial charge in [0.15, 0.2) is 0 Å². The quantitative estimate of drug-likeness (QED) is 0.679. The average molecular weight is 298 g/mol. The Balaban J connectivity index is 1.79. The fourth-order valence-corrected chi connectivity index (χ4v) is 1.78. The molecule has 0 aromatic heterocycles. The molecule has 20 heavy (non-hydrogen) atoms. The summed E-state index contributed by atoms with van der Waals surface area (Å²) in [5, 5.41) is 2.95. The normalized spacial score (nSPS) is 18.4. The second kappa shape index (κ2) is 6.38. The standard InChI is InChI=1S/C13H12ClNO5/c14-9-3-1-8(2-4-9)7-19-13(18)15-10-5-6-11(16)20-12(10)17/h1-4,10H,5-7H2,(H,15,18)/t10-/m0/s1. The molecule has 7 heteroatoms. The van der Waals surface area contributed by atoms with Crippen molar-refractivity contribution in [3.05, 3.63) is 34.9 Å². The van der Waals surface area contributed by atoms with Gasteiger partial charge >= 0.3 is 18.0 Å². The van der Waals surface area contributed by atoms with Gasteiger partial charge in [-0.3, -0.25) is 4.79 Å². The minimum absolute atomic E-state index is 0.0592. The van der Waals surface area contributed by atoms with Crippen LogP contribution in [0.3, 0.4) is 0 Å². The lowest BCUT2D eigenvalue weighted by molar-refractivity contribution is -0.165. The van der Waals surface area contributed by atoms with Crippen LogP contribution in [0.2, 0.25) is 5.02 Å². The van der Waals surface area contributed by atoms with Crippen molar-refractivity contribution in [3.8, 4) is 0 Å². The molecule has 0 unspecified atom stereocenters. The van der Waals surface area contributed by atoms with Crippen LogP contribution in [-0.4, -0.2) is 24.1 Å². The number of carbonyl (C=O) groups is 3. The molecule has 1 aliphatic heterocycles. The molecule has 0 radical (unpaired) electrons. The highest BCUT2D eigenvalue weighted by Crippen LogP contribution is 2.11. The van der Waals surface area contributed by atoms with Crippen molar-refractivity contribution in [1.82, 2.24) is 5.32 Å². The van der Waals surface area contributed by atoms with Gasteiger partial charge in [0.1, 0.15) is 12.6 Å². The van der Waals surface area contributed by atoms with Gasteiger partial charge in [-0.2, -0.15) is 0 Å². The summed E-state index contributed by atoms with van der Waals surface area (Å²) in [6.45, 7) is 0.0592. The van der Waals surface area contributed by atoms with E-state index in [4.69, 9.17) is 16.3 Å². The van der Waals surface area contributed by atoms with Crippen LogP contribution in [0.1, 0.15) is 18.4 Å². The predicted octanol–water partition coefficient (Wildman–Crippen LogP) is 1.80. The van der Waals surface area contributed by atoms with E-state index < -0.39 is 24.1 Å². The molecule has 1 aromatic carbocycles. The zero-order valence-corrected chi connectivity index (χ0v) is 11.2. The summed E-state index contributed by atoms with van der Waals surface area (Å²) in [5.74, 6) is -1.34. The summed E-state index contributed by atoms with van der Waals surface area (Å²) < 4.78 is 9.37. The van der Waals surface area contributed by atoms with Crippen LogP contribution >= 0.6 is 11.6 Å². The summed E-state index contributed by atoms with van der Waals surface area (Å²) in [6.07, 6.45) is -0.432. The van der Waals surface area contributed by atoms with E-state index in [0.717, 1.165) is 5.56 Å². The van der Waals surface area contributed by atoms with Crippen LogP contribution < -0.4 is 5.32 Å². The smallest absolute Gasteiger partial charge is 0.408 e. The lowest BCUT2D eigenvalue weighted by atomic mass is 10.1. The molecular formula is C13H12ClNO5. The molecule has 1 atom stereocenters. The monoisotopic (exact) mass is 297 g/mol. The number of carbonyl (C=O) groups excluding carboxylic acids is 3. The number of benzene rings is 1. The maximum Gasteiger partial charge on any atom is 0.408 e. The van der Waals surface area contributed by atoms with Crippen LogP contribution in [0, 0.1) is 0 Å². The minimum Gasteiger partial charge on any atom is -0.445 e. The molecule has 2 rings (SSSR count). The third kappa shape index (κ3) is 3.96. The van der Waals surface area contributed by atoms with Crippen LogP contribution in [0.15, 0.2) is 24.3 Å². The number of ether oxygens (including phenoxy) is 2. The summed E-state index contributed by atoms with van der Waals surface area (Å²) in [6, 6.07) is 5.97. The summed E-state index contributed by atoms with van der Waals surface area (Å²) in [4.78, 5) is 33.7. The van der Waals surface area contributed by atoms with Crippen LogP contribution in [0.4, 0.5) is 4.79 Å². The predicted molar refractivity (Wildman–Crippen MR) is 68.9 cm³/mol. The Bertz CT molecular complexity index is 528. The molecular weight excluding hydrogens is 286 g/mol. The first-order valence-electron chi connectivity index (χ1n) is 5.97. The highest BCUT2D eigenvalue weighted by atomic mass is 35.5. The first-order chi connectivity index (χ1) is 9.54. The van der Waals surface area contributed by atoms with Gasteiger partial charge in [-0.15, -0.1) is 0 Å². The van der Waals surface area contributed by atoms with E-state index in [-0.39, 0.29) is 19.4 Å². The topological polar surface area (TPSA) is 81.7 Å². The highest BCUT2D eigenvalue weighted by molar-refractivity contribution is 6.30. The zero-order chi connectivity index (χ0) is 14.5. The Kier molecular flexibility index (Phi) is 4.57. The van der Waals surface area contributed by atoms with Crippen LogP contribution in [0.5, 0.6) is 0 Å². The molecule has 6 nitrogen and oxygen atoms in total. The molecule has 0 bridgehead atoms. The molecule has 1 N–H and O–H groups in total. The molecule has 1 aromatic rings. The Labute approximate surface area is 120 Å². The van der Waals surface area contributed by atoms with Crippen LogP contribution in [-0.2, 0) is 25.7 Å². The zero-order valence-electron chi connectivity index (χ0n) is 10.4. The lowest BCUT2D eigenvalue weighted by Gasteiger charge is -2.20. The number of esters is 2. The molecule has 1 heterocycles. The van der Waals surface area contributed by atoms with Crippen molar-refractivity contribution >= 4 is 29.6 Å². The first kappa shape index (κ1) is 14.3. The minimum atomic E-state index is -0.842. The SMILES string of the molecule is O=C1CC[C@H](NC(=O)OCc2ccc(Cl)cc2)C(=O)O1. The summed E-state index contributed by atoms with van der Waals surface area (Å²) >= 11 is 5.73. The number of halogens is 1. The van der Waals surface area contributed by atoms with Crippen molar-refractivity contribution in [1.29, 1.82) is 0 Å². The lowest BCUT2D eigenvalue weighted by Crippen LogP contribution is -2.45. The Morgan fingerprint density at radius 1 is 1.35 bits per heavy atom. The molecule has 1 aliphatic rings. The number of nitrogens with one attached hydrogen (secondary N) is 1. The molecule has 1 saturated heterocycles. The number of alkyl carbamates (subject to hydrolysis) is 1. The maximum absolute atomic E-state index is 11.5. The van der Waals surface area contributed by atoms with E-state index in [1.54, 1.807) is 24.3 Å². The van der Waals surface area contributed by atoms with E-state index in [0.29, 0.717) is 5.02 Å². The second-order valence-electron chi connectivity index (χ2n) is 4.23. The number of rotatable bonds is 3. The van der Waals surface area contributed by atoms with E-state index in [1.165, 1.54) is 0 Å². The molecule has 0 spiro atoms. The average Bonchev–Trinajstić information content (AvgIpc) is 2.41. The fourth-order valence-electron chi connectivity index (χ4n) is 1.66. The van der Waals surface area contributed by atoms with Gasteiger partial charge in [-0.05, 0) is 24.1 Å². The van der Waals surface area contributed by atoms with Gasteiger partial charge < -0.3 is 14.8 Å². The molecule has 1 fully saturated rings. The number of hydrogen-bond acceptors (Lipinski definition) is 5. The second-order valence-corrected chi connectivity index (χ2v) is 4.67. The van der Waals surface area contributed by atoms with Gasteiger partial charge in [0.05, 0.1) is 0 Å². The van der Waals surface area contributed by atoms with Crippen molar-refractivity contribution in [2.75, 3.05) is 0 Å².